The van der Waals surface area contributed by atoms with E-state index >= 15 is 0 Å². The Hall–Kier alpha value is -3.27. The summed E-state index contributed by atoms with van der Waals surface area (Å²) in [7, 11) is 3.45. The molecule has 0 aliphatic rings. The van der Waals surface area contributed by atoms with E-state index in [2.05, 4.69) is 15.0 Å². The molecule has 2 rings (SSSR count). The number of rotatable bonds is 7. The molecule has 1 aromatic carbocycles. The van der Waals surface area contributed by atoms with Gasteiger partial charge in [0.25, 0.3) is 0 Å². The first-order valence-corrected chi connectivity index (χ1v) is 7.98. The van der Waals surface area contributed by atoms with Gasteiger partial charge in [0.05, 0.1) is 6.61 Å². The molecule has 10 heteroatoms. The average molecular weight is 376 g/mol. The molecule has 0 bridgehead atoms. The Morgan fingerprint density at radius 1 is 1.30 bits per heavy atom. The third kappa shape index (κ3) is 5.61. The van der Waals surface area contributed by atoms with E-state index in [9.17, 15) is 9.18 Å². The zero-order valence-electron chi connectivity index (χ0n) is 15.1. The Bertz CT molecular complexity index is 809. The van der Waals surface area contributed by atoms with Gasteiger partial charge in [-0.05, 0) is 0 Å². The van der Waals surface area contributed by atoms with Crippen molar-refractivity contribution in [1.29, 1.82) is 0 Å². The molecule has 144 valence electrons. The van der Waals surface area contributed by atoms with Crippen LogP contribution in [0.3, 0.4) is 0 Å². The van der Waals surface area contributed by atoms with Gasteiger partial charge in [0.15, 0.2) is 5.96 Å². The molecule has 0 saturated carbocycles. The number of likely N-dealkylation sites (N-methyl/N-ethyl adjacent to an activating group) is 1. The van der Waals surface area contributed by atoms with Gasteiger partial charge in [0, 0.05) is 49.8 Å². The number of guanidine groups is 1. The molecule has 0 fully saturated rings. The molecule has 1 heterocycles. The van der Waals surface area contributed by atoms with Gasteiger partial charge in [-0.2, -0.15) is 0 Å². The summed E-state index contributed by atoms with van der Waals surface area (Å²) in [6.45, 7) is 0.853. The van der Waals surface area contributed by atoms with Crippen LogP contribution in [0.4, 0.5) is 15.1 Å². The Morgan fingerprint density at radius 3 is 2.63 bits per heavy atom. The normalized spacial score (nSPS) is 10.3. The largest absolute Gasteiger partial charge is 0.443 e. The summed E-state index contributed by atoms with van der Waals surface area (Å²) in [4.78, 5) is 24.9. The lowest BCUT2D eigenvalue weighted by Crippen LogP contribution is -2.24. The van der Waals surface area contributed by atoms with Crippen molar-refractivity contribution in [2.75, 3.05) is 32.2 Å². The molecule has 0 radical (unpaired) electrons. The Labute approximate surface area is 155 Å². The predicted octanol–water partition coefficient (Wildman–Crippen LogP) is 1.28. The van der Waals surface area contributed by atoms with Crippen LogP contribution < -0.4 is 16.4 Å². The average Bonchev–Trinajstić information content (AvgIpc) is 2.65. The Morgan fingerprint density at radius 2 is 2.00 bits per heavy atom. The molecular formula is C17H21FN6O3. The van der Waals surface area contributed by atoms with Gasteiger partial charge in [-0.1, -0.05) is 18.2 Å². The standard InChI is InChI=1S/C17H21FN6O3/c1-24(6-7-26-2)16-21-8-12(9-22-16)13-5-3-4-11(14(13)18)10-27-17(25)23-15(19)20/h3-5,8-9H,6-7,10H2,1-2H3,(H4,19,20,23,25). The number of carbonyl (C=O) groups is 1. The second-order valence-electron chi connectivity index (χ2n) is 5.56. The van der Waals surface area contributed by atoms with Gasteiger partial charge in [0.2, 0.25) is 5.95 Å². The molecule has 0 saturated heterocycles. The molecule has 0 aliphatic heterocycles. The first kappa shape index (κ1) is 20.0. The number of anilines is 1. The lowest BCUT2D eigenvalue weighted by molar-refractivity contribution is 0.149. The number of halogens is 1. The summed E-state index contributed by atoms with van der Waals surface area (Å²) in [6, 6.07) is 4.72. The number of amides is 1. The molecule has 27 heavy (non-hydrogen) atoms. The van der Waals surface area contributed by atoms with Gasteiger partial charge in [-0.25, -0.2) is 19.2 Å². The van der Waals surface area contributed by atoms with Crippen LogP contribution in [0.15, 0.2) is 35.6 Å². The van der Waals surface area contributed by atoms with Crippen molar-refractivity contribution in [3.8, 4) is 11.1 Å². The molecule has 0 spiro atoms. The summed E-state index contributed by atoms with van der Waals surface area (Å²) in [5.41, 5.74) is 11.1. The highest BCUT2D eigenvalue weighted by molar-refractivity contribution is 5.87. The third-order valence-electron chi connectivity index (χ3n) is 3.57. The smallest absolute Gasteiger partial charge is 0.437 e. The second kappa shape index (κ2) is 9.43. The van der Waals surface area contributed by atoms with E-state index in [4.69, 9.17) is 20.9 Å². The number of methoxy groups -OCH3 is 1. The van der Waals surface area contributed by atoms with Gasteiger partial charge >= 0.3 is 6.09 Å². The monoisotopic (exact) mass is 376 g/mol. The first-order valence-electron chi connectivity index (χ1n) is 7.98. The lowest BCUT2D eigenvalue weighted by Gasteiger charge is -2.16. The number of carbonyl (C=O) groups excluding carboxylic acids is 1. The fraction of sp³-hybridized carbons (Fsp3) is 0.294. The molecule has 0 unspecified atom stereocenters. The maximum atomic E-state index is 14.7. The number of aromatic nitrogens is 2. The molecule has 9 nitrogen and oxygen atoms in total. The van der Waals surface area contributed by atoms with Crippen LogP contribution in [0.5, 0.6) is 0 Å². The van der Waals surface area contributed by atoms with Crippen molar-refractivity contribution >= 4 is 18.0 Å². The zero-order chi connectivity index (χ0) is 19.8. The highest BCUT2D eigenvalue weighted by Gasteiger charge is 2.13. The number of nitrogens with zero attached hydrogens (tertiary/aromatic N) is 4. The van der Waals surface area contributed by atoms with E-state index in [0.29, 0.717) is 24.7 Å². The van der Waals surface area contributed by atoms with Crippen molar-refractivity contribution in [3.63, 3.8) is 0 Å². The van der Waals surface area contributed by atoms with Crippen LogP contribution in [0, 0.1) is 5.82 Å². The first-order chi connectivity index (χ1) is 12.9. The fourth-order valence-electron chi connectivity index (χ4n) is 2.18. The second-order valence-corrected chi connectivity index (χ2v) is 5.56. The highest BCUT2D eigenvalue weighted by Crippen LogP contribution is 2.25. The number of hydrogen-bond donors (Lipinski definition) is 2. The molecule has 1 aromatic heterocycles. The van der Waals surface area contributed by atoms with E-state index in [-0.39, 0.29) is 17.7 Å². The number of hydrogen-bond acceptors (Lipinski definition) is 6. The van der Waals surface area contributed by atoms with Crippen molar-refractivity contribution in [1.82, 2.24) is 9.97 Å². The van der Waals surface area contributed by atoms with E-state index in [1.807, 2.05) is 11.9 Å². The van der Waals surface area contributed by atoms with Crippen LogP contribution >= 0.6 is 0 Å². The van der Waals surface area contributed by atoms with E-state index in [0.717, 1.165) is 0 Å². The zero-order valence-corrected chi connectivity index (χ0v) is 15.1. The van der Waals surface area contributed by atoms with Crippen LogP contribution in [0.2, 0.25) is 0 Å². The molecule has 1 amide bonds. The van der Waals surface area contributed by atoms with Gasteiger partial charge in [-0.15, -0.1) is 4.99 Å². The molecule has 0 atom stereocenters. The van der Waals surface area contributed by atoms with Gasteiger partial charge in [-0.3, -0.25) is 0 Å². The van der Waals surface area contributed by atoms with Crippen LogP contribution in [0.25, 0.3) is 11.1 Å². The minimum absolute atomic E-state index is 0.174. The van der Waals surface area contributed by atoms with Gasteiger partial charge < -0.3 is 25.8 Å². The SMILES string of the molecule is COCCN(C)c1ncc(-c2cccc(COC(=O)N=C(N)N)c2F)cn1. The molecule has 2 aromatic rings. The number of aliphatic imine (C=N–C) groups is 1. The van der Waals surface area contributed by atoms with Crippen LogP contribution in [-0.2, 0) is 16.1 Å². The molecule has 0 aliphatic carbocycles. The highest BCUT2D eigenvalue weighted by atomic mass is 19.1. The summed E-state index contributed by atoms with van der Waals surface area (Å²) >= 11 is 0. The summed E-state index contributed by atoms with van der Waals surface area (Å²) in [5, 5.41) is 0. The summed E-state index contributed by atoms with van der Waals surface area (Å²) < 4.78 is 24.6. The predicted molar refractivity (Wildman–Crippen MR) is 98.6 cm³/mol. The Balaban J connectivity index is 2.14. The topological polar surface area (TPSA) is 129 Å². The van der Waals surface area contributed by atoms with Gasteiger partial charge in [0.1, 0.15) is 12.4 Å². The molecular weight excluding hydrogens is 355 g/mol. The quantitative estimate of drug-likeness (QED) is 0.546. The van der Waals surface area contributed by atoms with Crippen LogP contribution in [-0.4, -0.2) is 49.3 Å². The lowest BCUT2D eigenvalue weighted by atomic mass is 10.1. The molecule has 4 N–H and O–H groups in total. The van der Waals surface area contributed by atoms with Crippen molar-refractivity contribution < 1.29 is 18.7 Å². The fourth-order valence-corrected chi connectivity index (χ4v) is 2.18. The maximum Gasteiger partial charge on any atom is 0.437 e. The van der Waals surface area contributed by atoms with E-state index in [1.165, 1.54) is 18.5 Å². The minimum atomic E-state index is -0.994. The van der Waals surface area contributed by atoms with Crippen molar-refractivity contribution in [2.45, 2.75) is 6.61 Å². The van der Waals surface area contributed by atoms with Crippen molar-refractivity contribution in [2.24, 2.45) is 16.5 Å². The Kier molecular flexibility index (Phi) is 7.00. The van der Waals surface area contributed by atoms with Crippen molar-refractivity contribution in [3.05, 3.63) is 42.0 Å². The maximum absolute atomic E-state index is 14.7. The summed E-state index contributed by atoms with van der Waals surface area (Å²) in [6.07, 6.45) is 2.06. The number of ether oxygens (including phenoxy) is 2. The summed E-state index contributed by atoms with van der Waals surface area (Å²) in [5.74, 6) is -0.473. The van der Waals surface area contributed by atoms with E-state index in [1.54, 1.807) is 19.2 Å². The number of benzene rings is 1. The third-order valence-corrected chi connectivity index (χ3v) is 3.57. The van der Waals surface area contributed by atoms with E-state index < -0.39 is 17.9 Å². The van der Waals surface area contributed by atoms with Crippen LogP contribution in [0.1, 0.15) is 5.56 Å². The minimum Gasteiger partial charge on any atom is -0.443 e. The number of nitrogens with two attached hydrogens (primary N) is 2.